The predicted molar refractivity (Wildman–Crippen MR) is 78.1 cm³/mol. The van der Waals surface area contributed by atoms with E-state index in [4.69, 9.17) is 0 Å². The lowest BCUT2D eigenvalue weighted by atomic mass is 10.1. The minimum Gasteiger partial charge on any atom is -0.344 e. The highest BCUT2D eigenvalue weighted by Crippen LogP contribution is 2.28. The van der Waals surface area contributed by atoms with Crippen LogP contribution in [-0.2, 0) is 9.59 Å². The van der Waals surface area contributed by atoms with E-state index in [1.165, 1.54) is 0 Å². The number of nitrogens with zero attached hydrogens (tertiary/aromatic N) is 1. The standard InChI is InChI=1S/C14H17BrN2O2/c1-3-11-14(19)17(7-6-13(18)16-11)12-5-4-9(2)8-10(12)15/h4-5,8,11H,3,6-7H2,1-2H3,(H,16,18). The number of hydrogen-bond acceptors (Lipinski definition) is 2. The SMILES string of the molecule is CCC1NC(=O)CCN(c2ccc(C)cc2Br)C1=O. The summed E-state index contributed by atoms with van der Waals surface area (Å²) in [4.78, 5) is 25.8. The van der Waals surface area contributed by atoms with Gasteiger partial charge in [-0.15, -0.1) is 0 Å². The van der Waals surface area contributed by atoms with E-state index in [0.29, 0.717) is 19.4 Å². The second-order valence-corrected chi connectivity index (χ2v) is 5.58. The molecule has 0 bridgehead atoms. The Kier molecular flexibility index (Phi) is 4.24. The molecule has 1 aliphatic rings. The Hall–Kier alpha value is -1.36. The van der Waals surface area contributed by atoms with Crippen LogP contribution in [0, 0.1) is 6.92 Å². The first kappa shape index (κ1) is 14.1. The molecule has 4 nitrogen and oxygen atoms in total. The van der Waals surface area contributed by atoms with Crippen LogP contribution >= 0.6 is 15.9 Å². The van der Waals surface area contributed by atoms with Gasteiger partial charge in [0, 0.05) is 17.4 Å². The number of rotatable bonds is 2. The van der Waals surface area contributed by atoms with E-state index in [-0.39, 0.29) is 11.8 Å². The molecule has 19 heavy (non-hydrogen) atoms. The van der Waals surface area contributed by atoms with Gasteiger partial charge in [-0.3, -0.25) is 9.59 Å². The number of anilines is 1. The molecule has 1 unspecified atom stereocenters. The van der Waals surface area contributed by atoms with Gasteiger partial charge in [-0.25, -0.2) is 0 Å². The number of nitrogens with one attached hydrogen (secondary N) is 1. The molecule has 1 fully saturated rings. The molecule has 1 aromatic rings. The molecule has 0 aromatic heterocycles. The monoisotopic (exact) mass is 324 g/mol. The minimum atomic E-state index is -0.428. The maximum absolute atomic E-state index is 12.5. The average Bonchev–Trinajstić information content (AvgIpc) is 2.50. The summed E-state index contributed by atoms with van der Waals surface area (Å²) in [5.41, 5.74) is 1.95. The Labute approximate surface area is 121 Å². The second-order valence-electron chi connectivity index (χ2n) is 4.72. The highest BCUT2D eigenvalue weighted by Gasteiger charge is 2.30. The lowest BCUT2D eigenvalue weighted by Crippen LogP contribution is -2.44. The highest BCUT2D eigenvalue weighted by atomic mass is 79.9. The van der Waals surface area contributed by atoms with Crippen molar-refractivity contribution in [3.05, 3.63) is 28.2 Å². The topological polar surface area (TPSA) is 49.4 Å². The molecule has 5 heteroatoms. The van der Waals surface area contributed by atoms with Crippen LogP contribution in [0.4, 0.5) is 5.69 Å². The fraction of sp³-hybridized carbons (Fsp3) is 0.429. The smallest absolute Gasteiger partial charge is 0.249 e. The van der Waals surface area contributed by atoms with Crippen molar-refractivity contribution in [1.82, 2.24) is 5.32 Å². The van der Waals surface area contributed by atoms with Gasteiger partial charge >= 0.3 is 0 Å². The number of halogens is 1. The Bertz CT molecular complexity index is 516. The van der Waals surface area contributed by atoms with Crippen molar-refractivity contribution in [2.24, 2.45) is 0 Å². The Morgan fingerprint density at radius 2 is 2.16 bits per heavy atom. The van der Waals surface area contributed by atoms with E-state index in [0.717, 1.165) is 15.7 Å². The normalized spacial score (nSPS) is 20.2. The van der Waals surface area contributed by atoms with Crippen molar-refractivity contribution in [3.8, 4) is 0 Å². The Morgan fingerprint density at radius 1 is 1.42 bits per heavy atom. The van der Waals surface area contributed by atoms with Gasteiger partial charge in [0.05, 0.1) is 5.69 Å². The highest BCUT2D eigenvalue weighted by molar-refractivity contribution is 9.10. The van der Waals surface area contributed by atoms with E-state index < -0.39 is 6.04 Å². The molecule has 1 atom stereocenters. The lowest BCUT2D eigenvalue weighted by Gasteiger charge is -2.24. The number of benzene rings is 1. The zero-order valence-electron chi connectivity index (χ0n) is 11.1. The van der Waals surface area contributed by atoms with Gasteiger partial charge in [-0.1, -0.05) is 13.0 Å². The van der Waals surface area contributed by atoms with Gasteiger partial charge in [0.2, 0.25) is 11.8 Å². The van der Waals surface area contributed by atoms with Crippen LogP contribution in [0.25, 0.3) is 0 Å². The van der Waals surface area contributed by atoms with Gasteiger partial charge in [-0.2, -0.15) is 0 Å². The van der Waals surface area contributed by atoms with Gasteiger partial charge < -0.3 is 10.2 Å². The Balaban J connectivity index is 2.36. The number of aryl methyl sites for hydroxylation is 1. The maximum Gasteiger partial charge on any atom is 0.249 e. The molecule has 1 N–H and O–H groups in total. The molecule has 102 valence electrons. The predicted octanol–water partition coefficient (Wildman–Crippen LogP) is 2.39. The number of carbonyl (C=O) groups excluding carboxylic acids is 2. The molecule has 0 saturated carbocycles. The first-order chi connectivity index (χ1) is 9.02. The quantitative estimate of drug-likeness (QED) is 0.908. The second kappa shape index (κ2) is 5.74. The lowest BCUT2D eigenvalue weighted by molar-refractivity contribution is -0.125. The first-order valence-corrected chi connectivity index (χ1v) is 7.19. The summed E-state index contributed by atoms with van der Waals surface area (Å²) >= 11 is 3.49. The van der Waals surface area contributed by atoms with Gasteiger partial charge in [0.25, 0.3) is 0 Å². The van der Waals surface area contributed by atoms with Crippen molar-refractivity contribution < 1.29 is 9.59 Å². The van der Waals surface area contributed by atoms with Gasteiger partial charge in [-0.05, 0) is 47.0 Å². The molecule has 0 spiro atoms. The van der Waals surface area contributed by atoms with Crippen LogP contribution in [-0.4, -0.2) is 24.4 Å². The van der Waals surface area contributed by atoms with Gasteiger partial charge in [0.1, 0.15) is 6.04 Å². The van der Waals surface area contributed by atoms with E-state index >= 15 is 0 Å². The van der Waals surface area contributed by atoms with E-state index in [2.05, 4.69) is 21.2 Å². The van der Waals surface area contributed by atoms with Crippen LogP contribution < -0.4 is 10.2 Å². The zero-order chi connectivity index (χ0) is 14.0. The van der Waals surface area contributed by atoms with E-state index in [1.54, 1.807) is 4.90 Å². The van der Waals surface area contributed by atoms with E-state index in [1.807, 2.05) is 32.0 Å². The molecule has 2 rings (SSSR count). The van der Waals surface area contributed by atoms with Gasteiger partial charge in [0.15, 0.2) is 0 Å². The van der Waals surface area contributed by atoms with Crippen LogP contribution in [0.2, 0.25) is 0 Å². The maximum atomic E-state index is 12.5. The van der Waals surface area contributed by atoms with Crippen molar-refractivity contribution >= 4 is 33.4 Å². The molecule has 0 aliphatic carbocycles. The third-order valence-corrected chi connectivity index (χ3v) is 3.90. The van der Waals surface area contributed by atoms with Crippen molar-refractivity contribution in [2.75, 3.05) is 11.4 Å². The van der Waals surface area contributed by atoms with Crippen LogP contribution in [0.1, 0.15) is 25.3 Å². The molecular weight excluding hydrogens is 308 g/mol. The molecule has 2 amide bonds. The summed E-state index contributed by atoms with van der Waals surface area (Å²) in [6.45, 7) is 4.32. The van der Waals surface area contributed by atoms with Crippen LogP contribution in [0.3, 0.4) is 0 Å². The minimum absolute atomic E-state index is 0.0436. The molecule has 1 aliphatic heterocycles. The average molecular weight is 325 g/mol. The summed E-state index contributed by atoms with van der Waals surface area (Å²) in [6, 6.07) is 5.43. The zero-order valence-corrected chi connectivity index (χ0v) is 12.7. The largest absolute Gasteiger partial charge is 0.344 e. The number of amides is 2. The molecule has 1 saturated heterocycles. The van der Waals surface area contributed by atoms with E-state index in [9.17, 15) is 9.59 Å². The summed E-state index contributed by atoms with van der Waals surface area (Å²) < 4.78 is 0.880. The first-order valence-electron chi connectivity index (χ1n) is 6.39. The fourth-order valence-electron chi connectivity index (χ4n) is 2.19. The molecule has 0 radical (unpaired) electrons. The molecule has 1 heterocycles. The third-order valence-electron chi connectivity index (χ3n) is 3.26. The van der Waals surface area contributed by atoms with Crippen molar-refractivity contribution in [2.45, 2.75) is 32.7 Å². The number of carbonyl (C=O) groups is 2. The summed E-state index contributed by atoms with van der Waals surface area (Å²) in [5.74, 6) is -0.108. The third kappa shape index (κ3) is 2.97. The summed E-state index contributed by atoms with van der Waals surface area (Å²) in [7, 11) is 0. The fourth-order valence-corrected chi connectivity index (χ4v) is 2.89. The molecular formula is C14H17BrN2O2. The molecule has 1 aromatic carbocycles. The summed E-state index contributed by atoms with van der Waals surface area (Å²) in [6.07, 6.45) is 0.938. The number of hydrogen-bond donors (Lipinski definition) is 1. The Morgan fingerprint density at radius 3 is 2.79 bits per heavy atom. The van der Waals surface area contributed by atoms with Crippen molar-refractivity contribution in [1.29, 1.82) is 0 Å². The summed E-state index contributed by atoms with van der Waals surface area (Å²) in [5, 5.41) is 2.76. The van der Waals surface area contributed by atoms with Crippen LogP contribution in [0.15, 0.2) is 22.7 Å². The van der Waals surface area contributed by atoms with Crippen LogP contribution in [0.5, 0.6) is 0 Å². The van der Waals surface area contributed by atoms with Crippen molar-refractivity contribution in [3.63, 3.8) is 0 Å².